The van der Waals surface area contributed by atoms with Crippen molar-refractivity contribution in [2.24, 2.45) is 4.99 Å². The number of ether oxygens (including phenoxy) is 1. The lowest BCUT2D eigenvalue weighted by Gasteiger charge is -2.21. The van der Waals surface area contributed by atoms with Crippen LogP contribution in [0.1, 0.15) is 69.0 Å². The molecule has 156 valence electrons. The highest BCUT2D eigenvalue weighted by Crippen LogP contribution is 2.20. The number of halogens is 1. The topological polar surface area (TPSA) is 49.8 Å². The quantitative estimate of drug-likeness (QED) is 0.168. The molecule has 1 aromatic heterocycles. The summed E-state index contributed by atoms with van der Waals surface area (Å²) in [7, 11) is 2.07. The van der Waals surface area contributed by atoms with Crippen molar-refractivity contribution in [1.82, 2.24) is 15.2 Å². The van der Waals surface area contributed by atoms with Crippen molar-refractivity contribution in [3.05, 3.63) is 16.1 Å². The van der Waals surface area contributed by atoms with Crippen LogP contribution in [0.2, 0.25) is 0 Å². The second-order valence-corrected chi connectivity index (χ2v) is 8.20. The lowest BCUT2D eigenvalue weighted by molar-refractivity contribution is 0.0412. The molecule has 0 spiro atoms. The summed E-state index contributed by atoms with van der Waals surface area (Å²) in [5.41, 5.74) is 1.11. The maximum atomic E-state index is 6.06. The van der Waals surface area contributed by atoms with Crippen LogP contribution >= 0.6 is 35.3 Å². The summed E-state index contributed by atoms with van der Waals surface area (Å²) in [6, 6.07) is 0. The summed E-state index contributed by atoms with van der Waals surface area (Å²) in [5, 5.41) is 6.62. The second-order valence-electron chi connectivity index (χ2n) is 7.14. The van der Waals surface area contributed by atoms with Crippen LogP contribution in [0.4, 0.5) is 0 Å². The van der Waals surface area contributed by atoms with Gasteiger partial charge in [0.2, 0.25) is 0 Å². The minimum absolute atomic E-state index is 0. The van der Waals surface area contributed by atoms with Gasteiger partial charge < -0.3 is 15.0 Å². The van der Waals surface area contributed by atoms with Gasteiger partial charge in [0.1, 0.15) is 0 Å². The zero-order chi connectivity index (χ0) is 18.6. The summed E-state index contributed by atoms with van der Waals surface area (Å²) in [4.78, 5) is 11.5. The molecular formula is C20H37IN4OS. The molecule has 0 amide bonds. The molecule has 0 saturated heterocycles. The van der Waals surface area contributed by atoms with E-state index in [0.717, 1.165) is 55.7 Å². The molecule has 1 aliphatic carbocycles. The number of unbranched alkanes of at least 4 members (excludes halogenated alkanes) is 1. The van der Waals surface area contributed by atoms with Crippen LogP contribution in [0.25, 0.3) is 0 Å². The summed E-state index contributed by atoms with van der Waals surface area (Å²) in [6.07, 6.45) is 10.6. The molecule has 2 rings (SSSR count). The number of thiazole rings is 1. The summed E-state index contributed by atoms with van der Waals surface area (Å²) < 4.78 is 6.06. The number of hydrogen-bond donors (Lipinski definition) is 1. The van der Waals surface area contributed by atoms with Gasteiger partial charge in [-0.15, -0.1) is 35.3 Å². The fourth-order valence-electron chi connectivity index (χ4n) is 3.33. The molecule has 0 bridgehead atoms. The van der Waals surface area contributed by atoms with Crippen molar-refractivity contribution in [1.29, 1.82) is 0 Å². The van der Waals surface area contributed by atoms with E-state index < -0.39 is 0 Å². The highest BCUT2D eigenvalue weighted by Gasteiger charge is 2.12. The molecule has 7 heteroatoms. The van der Waals surface area contributed by atoms with Crippen molar-refractivity contribution < 1.29 is 4.74 Å². The van der Waals surface area contributed by atoms with Crippen LogP contribution in [0.15, 0.2) is 10.4 Å². The number of guanidine groups is 1. The average molecular weight is 509 g/mol. The first-order valence-electron chi connectivity index (χ1n) is 10.2. The predicted octanol–water partition coefficient (Wildman–Crippen LogP) is 4.99. The maximum absolute atomic E-state index is 6.06. The van der Waals surface area contributed by atoms with Crippen LogP contribution < -0.4 is 5.32 Å². The normalized spacial score (nSPS) is 15.9. The standard InChI is InChI=1S/C20H36N4OS.HI/c1-4-21-20(24(3)15-18-16-26-17(2)23-18)22-13-9-10-14-25-19-11-7-5-6-8-12-19;/h16,19H,4-15H2,1-3H3,(H,21,22);1H. The van der Waals surface area contributed by atoms with Crippen LogP contribution in [-0.4, -0.2) is 48.7 Å². The third-order valence-electron chi connectivity index (χ3n) is 4.73. The minimum atomic E-state index is 0. The molecule has 0 atom stereocenters. The summed E-state index contributed by atoms with van der Waals surface area (Å²) in [5.74, 6) is 0.961. The minimum Gasteiger partial charge on any atom is -0.378 e. The highest BCUT2D eigenvalue weighted by atomic mass is 127. The van der Waals surface area contributed by atoms with Crippen molar-refractivity contribution >= 4 is 41.3 Å². The first-order valence-corrected chi connectivity index (χ1v) is 11.1. The van der Waals surface area contributed by atoms with Gasteiger partial charge in [-0.05, 0) is 39.5 Å². The number of hydrogen-bond acceptors (Lipinski definition) is 4. The molecule has 0 aliphatic heterocycles. The largest absolute Gasteiger partial charge is 0.378 e. The van der Waals surface area contributed by atoms with E-state index in [0.29, 0.717) is 6.10 Å². The molecule has 1 fully saturated rings. The molecule has 0 unspecified atom stereocenters. The third-order valence-corrected chi connectivity index (χ3v) is 5.55. The SMILES string of the molecule is CCNC(=NCCCCOC1CCCCCC1)N(C)Cc1csc(C)n1.I. The van der Waals surface area contributed by atoms with Crippen molar-refractivity contribution in [3.8, 4) is 0 Å². The zero-order valence-corrected chi connectivity index (χ0v) is 20.4. The number of rotatable bonds is 9. The molecule has 1 saturated carbocycles. The Bertz CT molecular complexity index is 530. The molecular weight excluding hydrogens is 471 g/mol. The molecule has 1 N–H and O–H groups in total. The molecule has 0 radical (unpaired) electrons. The van der Waals surface area contributed by atoms with Gasteiger partial charge >= 0.3 is 0 Å². The Morgan fingerprint density at radius 2 is 2.04 bits per heavy atom. The molecule has 1 heterocycles. The number of aryl methyl sites for hydroxylation is 1. The average Bonchev–Trinajstić information content (AvgIpc) is 2.87. The number of nitrogens with one attached hydrogen (secondary N) is 1. The Hall–Kier alpha value is -0.410. The fourth-order valence-corrected chi connectivity index (χ4v) is 3.93. The number of nitrogens with zero attached hydrogens (tertiary/aromatic N) is 3. The van der Waals surface area contributed by atoms with E-state index in [-0.39, 0.29) is 24.0 Å². The molecule has 0 aromatic carbocycles. The smallest absolute Gasteiger partial charge is 0.194 e. The van der Waals surface area contributed by atoms with E-state index in [1.165, 1.54) is 38.5 Å². The monoisotopic (exact) mass is 508 g/mol. The predicted molar refractivity (Wildman–Crippen MR) is 126 cm³/mol. The van der Waals surface area contributed by atoms with E-state index in [4.69, 9.17) is 9.73 Å². The van der Waals surface area contributed by atoms with Crippen LogP contribution in [-0.2, 0) is 11.3 Å². The van der Waals surface area contributed by atoms with Gasteiger partial charge in [-0.2, -0.15) is 0 Å². The molecule has 27 heavy (non-hydrogen) atoms. The summed E-state index contributed by atoms with van der Waals surface area (Å²) in [6.45, 7) is 7.55. The fraction of sp³-hybridized carbons (Fsp3) is 0.800. The number of aliphatic imine (C=N–C) groups is 1. The van der Waals surface area contributed by atoms with Gasteiger partial charge in [-0.3, -0.25) is 4.99 Å². The van der Waals surface area contributed by atoms with Gasteiger partial charge in [0.25, 0.3) is 0 Å². The summed E-state index contributed by atoms with van der Waals surface area (Å²) >= 11 is 1.70. The number of aromatic nitrogens is 1. The van der Waals surface area contributed by atoms with Crippen molar-refractivity contribution in [2.75, 3.05) is 26.7 Å². The Morgan fingerprint density at radius 3 is 2.67 bits per heavy atom. The van der Waals surface area contributed by atoms with Gasteiger partial charge in [-0.1, -0.05) is 25.7 Å². The van der Waals surface area contributed by atoms with E-state index in [1.54, 1.807) is 11.3 Å². The van der Waals surface area contributed by atoms with Gasteiger partial charge in [0.15, 0.2) is 5.96 Å². The zero-order valence-electron chi connectivity index (χ0n) is 17.2. The second kappa shape index (κ2) is 14.6. The Kier molecular flexibility index (Phi) is 13.3. The van der Waals surface area contributed by atoms with Crippen LogP contribution in [0, 0.1) is 6.92 Å². The first kappa shape index (κ1) is 24.6. The lowest BCUT2D eigenvalue weighted by Crippen LogP contribution is -2.38. The van der Waals surface area contributed by atoms with Crippen molar-refractivity contribution in [3.63, 3.8) is 0 Å². The Morgan fingerprint density at radius 1 is 1.30 bits per heavy atom. The Labute approximate surface area is 186 Å². The van der Waals surface area contributed by atoms with E-state index in [1.807, 2.05) is 6.92 Å². The van der Waals surface area contributed by atoms with E-state index in [9.17, 15) is 0 Å². The van der Waals surface area contributed by atoms with Gasteiger partial charge in [-0.25, -0.2) is 4.98 Å². The van der Waals surface area contributed by atoms with Crippen LogP contribution in [0.5, 0.6) is 0 Å². The van der Waals surface area contributed by atoms with E-state index >= 15 is 0 Å². The van der Waals surface area contributed by atoms with Crippen LogP contribution in [0.3, 0.4) is 0 Å². The first-order chi connectivity index (χ1) is 12.7. The maximum Gasteiger partial charge on any atom is 0.194 e. The molecule has 1 aliphatic rings. The molecule has 5 nitrogen and oxygen atoms in total. The highest BCUT2D eigenvalue weighted by molar-refractivity contribution is 14.0. The third kappa shape index (κ3) is 10.1. The lowest BCUT2D eigenvalue weighted by atomic mass is 10.1. The Balaban J connectivity index is 0.00000364. The van der Waals surface area contributed by atoms with Gasteiger partial charge in [0.05, 0.1) is 23.4 Å². The van der Waals surface area contributed by atoms with E-state index in [2.05, 4.69) is 34.6 Å². The van der Waals surface area contributed by atoms with Crippen molar-refractivity contribution in [2.45, 2.75) is 77.9 Å². The molecule has 1 aromatic rings. The van der Waals surface area contributed by atoms with Gasteiger partial charge in [0, 0.05) is 32.1 Å².